The lowest BCUT2D eigenvalue weighted by molar-refractivity contribution is -0.121. The molecular weight excluding hydrogens is 444 g/mol. The van der Waals surface area contributed by atoms with E-state index >= 15 is 0 Å². The molecule has 7 heteroatoms. The van der Waals surface area contributed by atoms with Gasteiger partial charge in [-0.2, -0.15) is 0 Å². The third-order valence-electron chi connectivity index (χ3n) is 5.99. The second-order valence-corrected chi connectivity index (χ2v) is 9.45. The van der Waals surface area contributed by atoms with Crippen LogP contribution < -0.4 is 4.90 Å². The van der Waals surface area contributed by atoms with Crippen molar-refractivity contribution in [3.63, 3.8) is 0 Å². The molecule has 1 aliphatic rings. The summed E-state index contributed by atoms with van der Waals surface area (Å²) < 4.78 is 0. The number of benzene rings is 3. The van der Waals surface area contributed by atoms with Crippen molar-refractivity contribution in [3.8, 4) is 0 Å². The number of nitrogens with zero attached hydrogens (tertiary/aromatic N) is 2. The summed E-state index contributed by atoms with van der Waals surface area (Å²) >= 11 is 1.42. The first-order valence-electron chi connectivity index (χ1n) is 11.0. The number of hydrogen-bond donors (Lipinski definition) is 2. The van der Waals surface area contributed by atoms with E-state index < -0.39 is 5.25 Å². The molecule has 5 aromatic rings. The molecule has 6 nitrogen and oxygen atoms in total. The largest absolute Gasteiger partial charge is 0.361 e. The lowest BCUT2D eigenvalue weighted by Crippen LogP contribution is -2.31. The predicted molar refractivity (Wildman–Crippen MR) is 137 cm³/mol. The minimum absolute atomic E-state index is 0.173. The minimum atomic E-state index is -0.438. The number of carbonyl (C=O) groups excluding carboxylic acids is 2. The quantitative estimate of drug-likeness (QED) is 0.254. The summed E-state index contributed by atoms with van der Waals surface area (Å²) in [5, 5.41) is 1.73. The molecular formula is C27H20N4O2S. The Kier molecular flexibility index (Phi) is 5.04. The summed E-state index contributed by atoms with van der Waals surface area (Å²) in [5.74, 6) is -0.351. The fourth-order valence-corrected chi connectivity index (χ4v) is 5.32. The summed E-state index contributed by atoms with van der Waals surface area (Å²) in [6, 6.07) is 23.4. The van der Waals surface area contributed by atoms with Crippen molar-refractivity contribution in [3.05, 3.63) is 90.8 Å². The zero-order valence-electron chi connectivity index (χ0n) is 18.1. The summed E-state index contributed by atoms with van der Waals surface area (Å²) in [7, 11) is 0. The van der Waals surface area contributed by atoms with E-state index in [4.69, 9.17) is 0 Å². The van der Waals surface area contributed by atoms with Gasteiger partial charge in [0.25, 0.3) is 0 Å². The number of fused-ring (bicyclic) bond motifs is 2. The van der Waals surface area contributed by atoms with Gasteiger partial charge in [0.1, 0.15) is 0 Å². The van der Waals surface area contributed by atoms with Crippen LogP contribution in [0.25, 0.3) is 21.8 Å². The number of imide groups is 1. The first-order valence-corrected chi connectivity index (χ1v) is 11.8. The fraction of sp³-hybridized carbons (Fsp3) is 0.0741. The number of hydrogen-bond acceptors (Lipinski definition) is 4. The first-order chi connectivity index (χ1) is 16.7. The smallest absolute Gasteiger partial charge is 0.247 e. The number of carbonyl (C=O) groups is 2. The lowest BCUT2D eigenvalue weighted by Gasteiger charge is -2.15. The molecule has 3 aromatic carbocycles. The standard InChI is InChI=1S/C27H20N4O2S/c32-26-14-25(27(33)31(26)20-8-5-17-11-12-28-24(17)13-20)34-21-9-6-19(7-10-21)29-15-18-16-30-23-4-2-1-3-22(18)23/h1-13,15-16,25,28,30H,14H2. The molecule has 166 valence electrons. The Labute approximate surface area is 199 Å². The van der Waals surface area contributed by atoms with Crippen LogP contribution in [0.3, 0.4) is 0 Å². The number of aliphatic imine (C=N–C) groups is 1. The Hall–Kier alpha value is -4.10. The topological polar surface area (TPSA) is 81.3 Å². The van der Waals surface area contributed by atoms with Gasteiger partial charge in [-0.15, -0.1) is 11.8 Å². The van der Waals surface area contributed by atoms with Crippen LogP contribution in [0.15, 0.2) is 95.1 Å². The number of anilines is 1. The second kappa shape index (κ2) is 8.35. The molecule has 6 rings (SSSR count). The van der Waals surface area contributed by atoms with Crippen molar-refractivity contribution >= 4 is 63.0 Å². The Morgan fingerprint density at radius 3 is 2.68 bits per heavy atom. The van der Waals surface area contributed by atoms with Crippen molar-refractivity contribution in [2.24, 2.45) is 4.99 Å². The average Bonchev–Trinajstić information content (AvgIpc) is 3.56. The SMILES string of the molecule is O=C1CC(Sc2ccc(N=Cc3c[nH]c4ccccc34)cc2)C(=O)N1c1ccc2cc[nH]c2c1. The van der Waals surface area contributed by atoms with Crippen LogP contribution in [0, 0.1) is 0 Å². The van der Waals surface area contributed by atoms with E-state index in [9.17, 15) is 9.59 Å². The van der Waals surface area contributed by atoms with Crippen LogP contribution in [0.4, 0.5) is 11.4 Å². The van der Waals surface area contributed by atoms with Crippen LogP contribution >= 0.6 is 11.8 Å². The van der Waals surface area contributed by atoms with Crippen LogP contribution in [0.5, 0.6) is 0 Å². The molecule has 0 radical (unpaired) electrons. The number of rotatable bonds is 5. The predicted octanol–water partition coefficient (Wildman–Crippen LogP) is 5.82. The second-order valence-electron chi connectivity index (χ2n) is 8.17. The van der Waals surface area contributed by atoms with Gasteiger partial charge in [0, 0.05) is 51.9 Å². The molecule has 2 amide bonds. The van der Waals surface area contributed by atoms with Crippen molar-refractivity contribution in [2.45, 2.75) is 16.6 Å². The zero-order chi connectivity index (χ0) is 23.1. The van der Waals surface area contributed by atoms with E-state index in [2.05, 4.69) is 21.0 Å². The Balaban J connectivity index is 1.16. The highest BCUT2D eigenvalue weighted by molar-refractivity contribution is 8.00. The van der Waals surface area contributed by atoms with Gasteiger partial charge in [-0.1, -0.05) is 24.3 Å². The number of nitrogens with one attached hydrogen (secondary N) is 2. The third-order valence-corrected chi connectivity index (χ3v) is 7.19. The normalized spacial score (nSPS) is 16.5. The number of thioether (sulfide) groups is 1. The molecule has 0 bridgehead atoms. The van der Waals surface area contributed by atoms with E-state index in [0.29, 0.717) is 5.69 Å². The van der Waals surface area contributed by atoms with Gasteiger partial charge in [-0.05, 0) is 53.9 Å². The molecule has 0 saturated carbocycles. The maximum absolute atomic E-state index is 13.1. The number of aromatic amines is 2. The van der Waals surface area contributed by atoms with Gasteiger partial charge in [-0.3, -0.25) is 14.6 Å². The van der Waals surface area contributed by atoms with Gasteiger partial charge in [0.2, 0.25) is 11.8 Å². The van der Waals surface area contributed by atoms with Crippen LogP contribution in [0.2, 0.25) is 0 Å². The van der Waals surface area contributed by atoms with Gasteiger partial charge in [0.15, 0.2) is 0 Å². The Morgan fingerprint density at radius 2 is 1.79 bits per heavy atom. The lowest BCUT2D eigenvalue weighted by atomic mass is 10.2. The van der Waals surface area contributed by atoms with Gasteiger partial charge in [-0.25, -0.2) is 4.90 Å². The number of aromatic nitrogens is 2. The highest BCUT2D eigenvalue weighted by Gasteiger charge is 2.40. The van der Waals surface area contributed by atoms with Crippen molar-refractivity contribution < 1.29 is 9.59 Å². The molecule has 1 aliphatic heterocycles. The fourth-order valence-electron chi connectivity index (χ4n) is 4.26. The van der Waals surface area contributed by atoms with Gasteiger partial charge < -0.3 is 9.97 Å². The zero-order valence-corrected chi connectivity index (χ0v) is 18.9. The van der Waals surface area contributed by atoms with Crippen LogP contribution in [0.1, 0.15) is 12.0 Å². The monoisotopic (exact) mass is 464 g/mol. The molecule has 3 heterocycles. The molecule has 0 spiro atoms. The van der Waals surface area contributed by atoms with E-state index in [1.165, 1.54) is 16.7 Å². The molecule has 1 fully saturated rings. The van der Waals surface area contributed by atoms with E-state index in [1.807, 2.05) is 85.3 Å². The van der Waals surface area contributed by atoms with Gasteiger partial charge >= 0.3 is 0 Å². The molecule has 1 unspecified atom stereocenters. The van der Waals surface area contributed by atoms with Crippen molar-refractivity contribution in [1.82, 2.24) is 9.97 Å². The maximum Gasteiger partial charge on any atom is 0.247 e. The Morgan fingerprint density at radius 1 is 0.941 bits per heavy atom. The highest BCUT2D eigenvalue weighted by Crippen LogP contribution is 2.35. The van der Waals surface area contributed by atoms with Gasteiger partial charge in [0.05, 0.1) is 16.6 Å². The van der Waals surface area contributed by atoms with E-state index in [-0.39, 0.29) is 18.2 Å². The number of amides is 2. The summed E-state index contributed by atoms with van der Waals surface area (Å²) in [4.78, 5) is 38.9. The molecule has 2 aromatic heterocycles. The van der Waals surface area contributed by atoms with E-state index in [1.54, 1.807) is 0 Å². The summed E-state index contributed by atoms with van der Waals surface area (Å²) in [6.45, 7) is 0. The average molecular weight is 465 g/mol. The minimum Gasteiger partial charge on any atom is -0.361 e. The van der Waals surface area contributed by atoms with Crippen molar-refractivity contribution in [2.75, 3.05) is 4.90 Å². The van der Waals surface area contributed by atoms with Crippen LogP contribution in [-0.2, 0) is 9.59 Å². The molecule has 1 saturated heterocycles. The highest BCUT2D eigenvalue weighted by atomic mass is 32.2. The summed E-state index contributed by atoms with van der Waals surface area (Å²) in [6.07, 6.45) is 5.82. The summed E-state index contributed by atoms with van der Waals surface area (Å²) in [5.41, 5.74) is 4.44. The first kappa shape index (κ1) is 20.5. The molecule has 2 N–H and O–H groups in total. The third kappa shape index (κ3) is 3.70. The maximum atomic E-state index is 13.1. The Bertz CT molecular complexity index is 1560. The number of H-pyrrole nitrogens is 2. The molecule has 34 heavy (non-hydrogen) atoms. The van der Waals surface area contributed by atoms with Crippen LogP contribution in [-0.4, -0.2) is 33.2 Å². The molecule has 0 aliphatic carbocycles. The number of para-hydroxylation sites is 1. The van der Waals surface area contributed by atoms with Crippen molar-refractivity contribution in [1.29, 1.82) is 0 Å². The van der Waals surface area contributed by atoms with E-state index in [0.717, 1.165) is 38.0 Å². The molecule has 1 atom stereocenters.